The summed E-state index contributed by atoms with van der Waals surface area (Å²) in [4.78, 5) is 11.3. The minimum Gasteiger partial charge on any atom is -0.399 e. The van der Waals surface area contributed by atoms with Crippen molar-refractivity contribution in [1.29, 1.82) is 0 Å². The number of amides is 1. The van der Waals surface area contributed by atoms with Crippen molar-refractivity contribution in [3.8, 4) is 0 Å². The molecule has 0 aliphatic rings. The van der Waals surface area contributed by atoms with Crippen molar-refractivity contribution in [3.05, 3.63) is 29.3 Å². The van der Waals surface area contributed by atoms with Crippen LogP contribution in [0, 0.1) is 6.92 Å². The molecule has 0 saturated heterocycles. The highest BCUT2D eigenvalue weighted by atomic mass is 19.4. The number of ether oxygens (including phenoxy) is 1. The average molecular weight is 276 g/mol. The topological polar surface area (TPSA) is 64.3 Å². The Kier molecular flexibility index (Phi) is 5.17. The molecular formula is C12H15F3N2O2. The van der Waals surface area contributed by atoms with Crippen LogP contribution in [0.25, 0.3) is 0 Å². The lowest BCUT2D eigenvalue weighted by Gasteiger charge is -2.10. The number of nitrogens with one attached hydrogen (secondary N) is 1. The largest absolute Gasteiger partial charge is 0.411 e. The number of anilines is 1. The first kappa shape index (κ1) is 15.3. The highest BCUT2D eigenvalue weighted by Gasteiger charge is 2.27. The first-order valence-electron chi connectivity index (χ1n) is 5.55. The molecule has 0 aromatic heterocycles. The summed E-state index contributed by atoms with van der Waals surface area (Å²) in [7, 11) is 0. The maximum Gasteiger partial charge on any atom is 0.411 e. The van der Waals surface area contributed by atoms with Crippen LogP contribution < -0.4 is 11.1 Å². The highest BCUT2D eigenvalue weighted by Crippen LogP contribution is 2.15. The number of nitrogen functional groups attached to an aromatic ring is 1. The molecule has 0 spiro atoms. The van der Waals surface area contributed by atoms with Gasteiger partial charge in [-0.25, -0.2) is 0 Å². The fourth-order valence-electron chi connectivity index (χ4n) is 1.40. The van der Waals surface area contributed by atoms with Gasteiger partial charge in [0, 0.05) is 12.2 Å². The Bertz CT molecular complexity index is 447. The number of rotatable bonds is 5. The third kappa shape index (κ3) is 5.60. The first-order chi connectivity index (χ1) is 8.79. The lowest BCUT2D eigenvalue weighted by molar-refractivity contribution is -0.175. The predicted octanol–water partition coefficient (Wildman–Crippen LogP) is 1.77. The van der Waals surface area contributed by atoms with Crippen molar-refractivity contribution < 1.29 is 22.7 Å². The van der Waals surface area contributed by atoms with Gasteiger partial charge in [-0.05, 0) is 24.1 Å². The van der Waals surface area contributed by atoms with Crippen LogP contribution in [0.2, 0.25) is 0 Å². The zero-order chi connectivity index (χ0) is 14.5. The van der Waals surface area contributed by atoms with E-state index in [2.05, 4.69) is 10.1 Å². The smallest absolute Gasteiger partial charge is 0.399 e. The predicted molar refractivity (Wildman–Crippen MR) is 64.3 cm³/mol. The quantitative estimate of drug-likeness (QED) is 0.806. The number of nitrogens with two attached hydrogens (primary N) is 1. The van der Waals surface area contributed by atoms with Crippen molar-refractivity contribution in [2.75, 3.05) is 18.9 Å². The van der Waals surface area contributed by atoms with Gasteiger partial charge < -0.3 is 15.8 Å². The van der Waals surface area contributed by atoms with Crippen LogP contribution in [-0.2, 0) is 16.1 Å². The van der Waals surface area contributed by atoms with Gasteiger partial charge in [-0.15, -0.1) is 0 Å². The molecule has 1 aromatic carbocycles. The van der Waals surface area contributed by atoms with Crippen molar-refractivity contribution in [2.24, 2.45) is 0 Å². The normalized spacial score (nSPS) is 11.4. The van der Waals surface area contributed by atoms with Gasteiger partial charge in [0.25, 0.3) is 0 Å². The Morgan fingerprint density at radius 1 is 1.42 bits per heavy atom. The summed E-state index contributed by atoms with van der Waals surface area (Å²) >= 11 is 0. The van der Waals surface area contributed by atoms with Crippen LogP contribution >= 0.6 is 0 Å². The average Bonchev–Trinajstić information content (AvgIpc) is 2.29. The Hall–Kier alpha value is -1.76. The second kappa shape index (κ2) is 6.42. The molecule has 0 aliphatic heterocycles. The SMILES string of the molecule is Cc1c(N)cccc1CNC(=O)COCC(F)(F)F. The summed E-state index contributed by atoms with van der Waals surface area (Å²) in [5.74, 6) is -0.605. The number of benzene rings is 1. The van der Waals surface area contributed by atoms with Gasteiger partial charge in [0.15, 0.2) is 0 Å². The molecule has 0 fully saturated rings. The molecule has 1 amide bonds. The van der Waals surface area contributed by atoms with E-state index in [0.29, 0.717) is 5.69 Å². The Morgan fingerprint density at radius 2 is 2.11 bits per heavy atom. The Morgan fingerprint density at radius 3 is 2.74 bits per heavy atom. The first-order valence-corrected chi connectivity index (χ1v) is 5.55. The summed E-state index contributed by atoms with van der Waals surface area (Å²) in [6, 6.07) is 5.25. The molecule has 4 nitrogen and oxygen atoms in total. The fraction of sp³-hybridized carbons (Fsp3) is 0.417. The van der Waals surface area contributed by atoms with Crippen LogP contribution in [0.1, 0.15) is 11.1 Å². The highest BCUT2D eigenvalue weighted by molar-refractivity contribution is 5.77. The van der Waals surface area contributed by atoms with Gasteiger partial charge in [-0.2, -0.15) is 13.2 Å². The summed E-state index contributed by atoms with van der Waals surface area (Å²) in [5, 5.41) is 2.47. The molecule has 0 atom stereocenters. The lowest BCUT2D eigenvalue weighted by Crippen LogP contribution is -2.29. The van der Waals surface area contributed by atoms with E-state index in [4.69, 9.17) is 5.73 Å². The monoisotopic (exact) mass is 276 g/mol. The third-order valence-electron chi connectivity index (χ3n) is 2.46. The number of carbonyl (C=O) groups is 1. The molecule has 0 aliphatic carbocycles. The number of carbonyl (C=O) groups excluding carboxylic acids is 1. The third-order valence-corrected chi connectivity index (χ3v) is 2.46. The van der Waals surface area contributed by atoms with Gasteiger partial charge in [-0.3, -0.25) is 4.79 Å². The van der Waals surface area contributed by atoms with E-state index >= 15 is 0 Å². The number of alkyl halides is 3. The van der Waals surface area contributed by atoms with Crippen LogP contribution in [0.3, 0.4) is 0 Å². The Labute approximate surface area is 108 Å². The number of hydrogen-bond donors (Lipinski definition) is 2. The van der Waals surface area contributed by atoms with Gasteiger partial charge in [0.05, 0.1) is 0 Å². The minimum atomic E-state index is -4.43. The maximum atomic E-state index is 11.8. The van der Waals surface area contributed by atoms with Crippen LogP contribution in [0.4, 0.5) is 18.9 Å². The second-order valence-electron chi connectivity index (χ2n) is 4.02. The molecular weight excluding hydrogens is 261 g/mol. The van der Waals surface area contributed by atoms with Crippen molar-refractivity contribution >= 4 is 11.6 Å². The van der Waals surface area contributed by atoms with Gasteiger partial charge >= 0.3 is 6.18 Å². The summed E-state index contributed by atoms with van der Waals surface area (Å²) in [6.45, 7) is -0.0549. The molecule has 106 valence electrons. The van der Waals surface area contributed by atoms with E-state index < -0.39 is 25.3 Å². The van der Waals surface area contributed by atoms with Crippen molar-refractivity contribution in [2.45, 2.75) is 19.6 Å². The zero-order valence-electron chi connectivity index (χ0n) is 10.4. The summed E-state index contributed by atoms with van der Waals surface area (Å²) in [5.41, 5.74) is 7.93. The van der Waals surface area contributed by atoms with E-state index in [1.807, 2.05) is 0 Å². The standard InChI is InChI=1S/C12H15F3N2O2/c1-8-9(3-2-4-10(8)16)5-17-11(18)6-19-7-12(13,14)15/h2-4H,5-7,16H2,1H3,(H,17,18). The van der Waals surface area contributed by atoms with E-state index in [9.17, 15) is 18.0 Å². The van der Waals surface area contributed by atoms with Crippen LogP contribution in [-0.4, -0.2) is 25.3 Å². The second-order valence-corrected chi connectivity index (χ2v) is 4.02. The van der Waals surface area contributed by atoms with Crippen molar-refractivity contribution in [1.82, 2.24) is 5.32 Å². The molecule has 1 rings (SSSR count). The Balaban J connectivity index is 2.36. The van der Waals surface area contributed by atoms with E-state index in [0.717, 1.165) is 11.1 Å². The van der Waals surface area contributed by atoms with E-state index in [-0.39, 0.29) is 6.54 Å². The fourth-order valence-corrected chi connectivity index (χ4v) is 1.40. The summed E-state index contributed by atoms with van der Waals surface area (Å²) in [6.07, 6.45) is -4.43. The van der Waals surface area contributed by atoms with Crippen LogP contribution in [0.15, 0.2) is 18.2 Å². The molecule has 0 radical (unpaired) electrons. The minimum absolute atomic E-state index is 0.199. The molecule has 3 N–H and O–H groups in total. The molecule has 0 bridgehead atoms. The number of hydrogen-bond acceptors (Lipinski definition) is 3. The maximum absolute atomic E-state index is 11.8. The van der Waals surface area contributed by atoms with E-state index in [1.54, 1.807) is 25.1 Å². The zero-order valence-corrected chi connectivity index (χ0v) is 10.4. The lowest BCUT2D eigenvalue weighted by atomic mass is 10.1. The number of halogens is 3. The van der Waals surface area contributed by atoms with Gasteiger partial charge in [-0.1, -0.05) is 12.1 Å². The molecule has 7 heteroatoms. The van der Waals surface area contributed by atoms with Gasteiger partial charge in [0.2, 0.25) is 5.91 Å². The van der Waals surface area contributed by atoms with Crippen LogP contribution in [0.5, 0.6) is 0 Å². The molecule has 0 heterocycles. The van der Waals surface area contributed by atoms with Crippen molar-refractivity contribution in [3.63, 3.8) is 0 Å². The summed E-state index contributed by atoms with van der Waals surface area (Å²) < 4.78 is 39.6. The van der Waals surface area contributed by atoms with Gasteiger partial charge in [0.1, 0.15) is 13.2 Å². The molecule has 0 saturated carbocycles. The molecule has 1 aromatic rings. The molecule has 19 heavy (non-hydrogen) atoms. The molecule has 0 unspecified atom stereocenters. The van der Waals surface area contributed by atoms with E-state index in [1.165, 1.54) is 0 Å².